The molecule has 390 valence electrons. The molecule has 2 unspecified atom stereocenters. The number of rotatable bonds is 17. The summed E-state index contributed by atoms with van der Waals surface area (Å²) in [5.74, 6) is 4.64. The Morgan fingerprint density at radius 1 is 0.595 bits per heavy atom. The van der Waals surface area contributed by atoms with Crippen LogP contribution >= 0.6 is 0 Å². The van der Waals surface area contributed by atoms with Crippen LogP contribution in [0.1, 0.15) is 84.7 Å². The van der Waals surface area contributed by atoms with Gasteiger partial charge in [-0.1, -0.05) is 23.7 Å². The number of piperidine rings is 2. The summed E-state index contributed by atoms with van der Waals surface area (Å²) in [5.41, 5.74) is 1.48. The third-order valence-electron chi connectivity index (χ3n) is 15.3. The lowest BCUT2D eigenvalue weighted by Crippen LogP contribution is -2.57. The third kappa shape index (κ3) is 12.0. The van der Waals surface area contributed by atoms with E-state index in [0.717, 1.165) is 34.0 Å². The Kier molecular flexibility index (Phi) is 17.5. The Morgan fingerprint density at radius 2 is 1.03 bits per heavy atom. The summed E-state index contributed by atoms with van der Waals surface area (Å²) in [6, 6.07) is 13.7. The maximum absolute atomic E-state index is 14.6. The number of hydrogen-bond donors (Lipinski definition) is 2. The van der Waals surface area contributed by atoms with Crippen molar-refractivity contribution in [1.82, 2.24) is 19.8 Å². The molecule has 8 nitrogen and oxygen atoms in total. The first-order valence-electron chi connectivity index (χ1n) is 24.8. The average Bonchev–Trinajstić information content (AvgIpc) is 3.41. The number of alkyl halides is 2. The van der Waals surface area contributed by atoms with Crippen molar-refractivity contribution in [1.29, 1.82) is 0 Å². The van der Waals surface area contributed by atoms with Crippen molar-refractivity contribution < 1.29 is 54.8 Å². The maximum atomic E-state index is 14.6. The number of ether oxygens (including phenoxy) is 2. The van der Waals surface area contributed by atoms with E-state index in [4.69, 9.17) is 9.47 Å². The standard InChI is InChI=1S/C58H58F8N4O4/c1-73-41-11-13-52-46(31-41)43(38(33-59)35-67-52)8-3-15-57(17-23-69(24-18-57)21-5-7-37-27-50(64)54(66)51(65)28-37)55(71)56(72)58(16-4-9-44-39(34-60)36-68-53-14-12-42(74-2)32-47(44)53)19-25-70(26-20-58)22-6-10-45-48(62)29-40(61)30-49(45)63/h11-14,27-32,35-36,55-56,71-72H,3-4,8-9,15-26,33-34H2,1-2H3. The topological polar surface area (TPSA) is 91.2 Å². The summed E-state index contributed by atoms with van der Waals surface area (Å²) >= 11 is 0. The fourth-order valence-corrected chi connectivity index (χ4v) is 11.0. The molecule has 6 aromatic rings. The number of aryl methyl sites for hydroxylation is 2. The number of aliphatic hydroxyl groups excluding tert-OH is 2. The Bertz CT molecular complexity index is 3040. The van der Waals surface area contributed by atoms with Crippen LogP contribution in [0.25, 0.3) is 21.8 Å². The number of aromatic nitrogens is 2. The average molecular weight is 1030 g/mol. The second-order valence-corrected chi connectivity index (χ2v) is 19.5. The Labute approximate surface area is 425 Å². The van der Waals surface area contributed by atoms with Gasteiger partial charge in [0.05, 0.1) is 56.1 Å². The fraction of sp³-hybridized carbons (Fsp3) is 0.414. The van der Waals surface area contributed by atoms with E-state index >= 15 is 0 Å². The van der Waals surface area contributed by atoms with E-state index in [1.807, 2.05) is 34.1 Å². The van der Waals surface area contributed by atoms with Gasteiger partial charge in [-0.2, -0.15) is 0 Å². The van der Waals surface area contributed by atoms with E-state index in [0.29, 0.717) is 136 Å². The van der Waals surface area contributed by atoms with Crippen LogP contribution in [-0.2, 0) is 26.2 Å². The molecule has 2 aromatic heterocycles. The van der Waals surface area contributed by atoms with Gasteiger partial charge in [0, 0.05) is 62.8 Å². The molecule has 16 heteroatoms. The second kappa shape index (κ2) is 23.9. The van der Waals surface area contributed by atoms with Crippen molar-refractivity contribution in [2.45, 2.75) is 89.8 Å². The zero-order valence-electron chi connectivity index (χ0n) is 41.3. The molecule has 2 N–H and O–H groups in total. The van der Waals surface area contributed by atoms with Crippen LogP contribution < -0.4 is 9.47 Å². The first kappa shape index (κ1) is 54.0. The minimum atomic E-state index is -1.58. The van der Waals surface area contributed by atoms with E-state index in [1.165, 1.54) is 12.4 Å². The molecule has 74 heavy (non-hydrogen) atoms. The van der Waals surface area contributed by atoms with E-state index in [1.54, 1.807) is 26.4 Å². The van der Waals surface area contributed by atoms with Crippen LogP contribution in [0.15, 0.2) is 73.1 Å². The van der Waals surface area contributed by atoms with Gasteiger partial charge in [-0.3, -0.25) is 19.8 Å². The zero-order chi connectivity index (χ0) is 52.6. The van der Waals surface area contributed by atoms with Gasteiger partial charge in [0.1, 0.15) is 42.3 Å². The molecule has 0 amide bonds. The first-order valence-corrected chi connectivity index (χ1v) is 24.8. The Balaban J connectivity index is 1.08. The predicted octanol–water partition coefficient (Wildman–Crippen LogP) is 10.9. The van der Waals surface area contributed by atoms with Gasteiger partial charge in [0.15, 0.2) is 17.5 Å². The summed E-state index contributed by atoms with van der Waals surface area (Å²) in [5, 5.41) is 27.4. The number of nitrogens with zero attached hydrogens (tertiary/aromatic N) is 4. The highest BCUT2D eigenvalue weighted by Gasteiger charge is 2.51. The van der Waals surface area contributed by atoms with Gasteiger partial charge in [-0.05, 0) is 150 Å². The number of pyridine rings is 2. The molecule has 0 radical (unpaired) electrons. The largest absolute Gasteiger partial charge is 0.497 e. The summed E-state index contributed by atoms with van der Waals surface area (Å²) in [6.45, 7) is 0.542. The van der Waals surface area contributed by atoms with Crippen LogP contribution in [0.2, 0.25) is 0 Å². The smallest absolute Gasteiger partial charge is 0.194 e. The maximum Gasteiger partial charge on any atom is 0.194 e. The molecule has 0 saturated carbocycles. The third-order valence-corrected chi connectivity index (χ3v) is 15.3. The number of fused-ring (bicyclic) bond motifs is 2. The minimum Gasteiger partial charge on any atom is -0.497 e. The highest BCUT2D eigenvalue weighted by atomic mass is 19.2. The van der Waals surface area contributed by atoms with Crippen LogP contribution in [0.5, 0.6) is 11.5 Å². The highest BCUT2D eigenvalue weighted by Crippen LogP contribution is 2.49. The SMILES string of the molecule is COc1ccc2ncc(CF)c(CCCC3(C(O)C(O)C4(CCCc5c(CF)cnc6ccc(OC)cc56)CCN(CC#Cc5c(F)cc(F)cc5F)CC4)CCN(CC#Cc4cc(F)c(F)c(F)c4)CC3)c2c1. The summed E-state index contributed by atoms with van der Waals surface area (Å²) in [7, 11) is 3.10. The molecule has 2 aliphatic heterocycles. The lowest BCUT2D eigenvalue weighted by molar-refractivity contribution is -0.152. The van der Waals surface area contributed by atoms with Gasteiger partial charge in [-0.25, -0.2) is 35.1 Å². The van der Waals surface area contributed by atoms with Crippen molar-refractivity contribution in [2.24, 2.45) is 10.8 Å². The van der Waals surface area contributed by atoms with Crippen molar-refractivity contribution in [3.63, 3.8) is 0 Å². The Morgan fingerprint density at radius 3 is 1.45 bits per heavy atom. The lowest BCUT2D eigenvalue weighted by Gasteiger charge is -2.52. The quantitative estimate of drug-likeness (QED) is 0.0530. The van der Waals surface area contributed by atoms with Gasteiger partial charge in [0.2, 0.25) is 0 Å². The molecule has 4 heterocycles. The van der Waals surface area contributed by atoms with Crippen LogP contribution in [-0.4, -0.2) is 95.7 Å². The van der Waals surface area contributed by atoms with Crippen LogP contribution in [0, 0.1) is 69.4 Å². The predicted molar refractivity (Wildman–Crippen MR) is 267 cm³/mol. The number of methoxy groups -OCH3 is 2. The normalized spacial score (nSPS) is 16.5. The highest BCUT2D eigenvalue weighted by molar-refractivity contribution is 5.85. The number of halogens is 8. The van der Waals surface area contributed by atoms with Gasteiger partial charge < -0.3 is 19.7 Å². The number of hydrogen-bond acceptors (Lipinski definition) is 8. The van der Waals surface area contributed by atoms with Crippen LogP contribution in [0.3, 0.4) is 0 Å². The van der Waals surface area contributed by atoms with Gasteiger partial charge >= 0.3 is 0 Å². The molecule has 0 aliphatic carbocycles. The van der Waals surface area contributed by atoms with Crippen molar-refractivity contribution in [2.75, 3.05) is 53.5 Å². The van der Waals surface area contributed by atoms with Gasteiger partial charge in [-0.15, -0.1) is 0 Å². The molecule has 0 bridgehead atoms. The lowest BCUT2D eigenvalue weighted by atomic mass is 9.61. The molecule has 2 saturated heterocycles. The Hall–Kier alpha value is -6.30. The number of aliphatic hydroxyl groups is 2. The first-order chi connectivity index (χ1) is 35.7. The molecule has 2 aliphatic rings. The molecule has 4 aromatic carbocycles. The van der Waals surface area contributed by atoms with Crippen molar-refractivity contribution in [3.8, 4) is 35.2 Å². The van der Waals surface area contributed by atoms with E-state index in [9.17, 15) is 45.3 Å². The molecule has 8 rings (SSSR count). The molecule has 2 atom stereocenters. The van der Waals surface area contributed by atoms with Gasteiger partial charge in [0.25, 0.3) is 0 Å². The van der Waals surface area contributed by atoms with Crippen LogP contribution in [0.4, 0.5) is 35.1 Å². The monoisotopic (exact) mass is 1030 g/mol. The summed E-state index contributed by atoms with van der Waals surface area (Å²) < 4.78 is 124. The van der Waals surface area contributed by atoms with Crippen molar-refractivity contribution in [3.05, 3.63) is 141 Å². The minimum absolute atomic E-state index is 0.0166. The van der Waals surface area contributed by atoms with E-state index < -0.39 is 76.9 Å². The van der Waals surface area contributed by atoms with Crippen molar-refractivity contribution >= 4 is 21.8 Å². The summed E-state index contributed by atoms with van der Waals surface area (Å²) in [6.07, 6.45) is 4.94. The van der Waals surface area contributed by atoms with E-state index in [2.05, 4.69) is 33.6 Å². The fourth-order valence-electron chi connectivity index (χ4n) is 11.0. The molecular weight excluding hydrogens is 969 g/mol. The number of likely N-dealkylation sites (tertiary alicyclic amines) is 2. The molecular formula is C58H58F8N4O4. The van der Waals surface area contributed by atoms with E-state index in [-0.39, 0.29) is 18.7 Å². The molecule has 2 fully saturated rings. The molecule has 0 spiro atoms. The zero-order valence-corrected chi connectivity index (χ0v) is 41.3. The summed E-state index contributed by atoms with van der Waals surface area (Å²) in [4.78, 5) is 13.0. The second-order valence-electron chi connectivity index (χ2n) is 19.5. The number of benzene rings is 4.